The highest BCUT2D eigenvalue weighted by Crippen LogP contribution is 2.15. The number of amides is 2. The number of unbranched alkanes of at least 4 members (excludes halogenated alkanes) is 28. The molecule has 8 nitrogen and oxygen atoms in total. The molecule has 48 heavy (non-hydrogen) atoms. The van der Waals surface area contributed by atoms with Crippen molar-refractivity contribution in [1.82, 2.24) is 10.6 Å². The summed E-state index contributed by atoms with van der Waals surface area (Å²) < 4.78 is 36.4. The van der Waals surface area contributed by atoms with Crippen LogP contribution in [0, 0.1) is 0 Å². The Morgan fingerprint density at radius 1 is 0.458 bits per heavy atom. The Morgan fingerprint density at radius 3 is 0.917 bits per heavy atom. The van der Waals surface area contributed by atoms with Crippen molar-refractivity contribution in [3.8, 4) is 0 Å². The van der Waals surface area contributed by atoms with Gasteiger partial charge in [-0.15, -0.1) is 0 Å². The molecule has 0 spiro atoms. The predicted molar refractivity (Wildman–Crippen MR) is 202 cm³/mol. The van der Waals surface area contributed by atoms with Crippen LogP contribution in [0.2, 0.25) is 0 Å². The van der Waals surface area contributed by atoms with Gasteiger partial charge >= 0.3 is 10.4 Å². The van der Waals surface area contributed by atoms with Crippen LogP contribution in [0.1, 0.15) is 219 Å². The quantitative estimate of drug-likeness (QED) is 0.0435. The Labute approximate surface area is 297 Å². The van der Waals surface area contributed by atoms with Gasteiger partial charge in [-0.3, -0.25) is 14.1 Å². The Hall–Kier alpha value is -1.19. The Morgan fingerprint density at radius 2 is 0.688 bits per heavy atom. The van der Waals surface area contributed by atoms with Gasteiger partial charge in [0.1, 0.15) is 6.10 Å². The lowest BCUT2D eigenvalue weighted by Gasteiger charge is -2.17. The average molecular weight is 703 g/mol. The maximum atomic E-state index is 12.3. The van der Waals surface area contributed by atoms with E-state index in [1.54, 1.807) is 0 Å². The molecule has 0 saturated heterocycles. The summed E-state index contributed by atoms with van der Waals surface area (Å²) in [4.78, 5) is 24.6. The lowest BCUT2D eigenvalue weighted by Crippen LogP contribution is -2.42. The number of hydrogen-bond acceptors (Lipinski definition) is 5. The second kappa shape index (κ2) is 35.6. The van der Waals surface area contributed by atoms with Crippen molar-refractivity contribution in [2.75, 3.05) is 13.1 Å². The molecule has 0 aliphatic heterocycles. The fourth-order valence-corrected chi connectivity index (χ4v) is 6.74. The van der Waals surface area contributed by atoms with E-state index in [1.165, 1.54) is 154 Å². The molecule has 0 aliphatic carbocycles. The molecule has 0 heterocycles. The first kappa shape index (κ1) is 46.8. The van der Waals surface area contributed by atoms with Crippen LogP contribution < -0.4 is 10.6 Å². The van der Waals surface area contributed by atoms with E-state index >= 15 is 0 Å². The van der Waals surface area contributed by atoms with Gasteiger partial charge in [0.2, 0.25) is 11.8 Å². The van der Waals surface area contributed by atoms with E-state index in [-0.39, 0.29) is 24.9 Å². The molecule has 9 heteroatoms. The summed E-state index contributed by atoms with van der Waals surface area (Å²) in [6.45, 7) is 4.31. The van der Waals surface area contributed by atoms with Crippen LogP contribution in [0.25, 0.3) is 0 Å². The number of nitrogens with one attached hydrogen (secondary N) is 2. The van der Waals surface area contributed by atoms with Gasteiger partial charge in [0, 0.05) is 25.9 Å². The normalized spacial score (nSPS) is 11.8. The van der Waals surface area contributed by atoms with Crippen molar-refractivity contribution in [3.63, 3.8) is 0 Å². The summed E-state index contributed by atoms with van der Waals surface area (Å²) in [5.74, 6) is -0.365. The summed E-state index contributed by atoms with van der Waals surface area (Å²) in [5, 5.41) is 5.38. The van der Waals surface area contributed by atoms with Crippen LogP contribution in [0.4, 0.5) is 0 Å². The Kier molecular flexibility index (Phi) is 34.7. The number of hydrogen-bond donors (Lipinski definition) is 3. The number of carbonyl (C=O) groups is 2. The lowest BCUT2D eigenvalue weighted by molar-refractivity contribution is -0.121. The molecule has 2 amide bonds. The molecule has 286 valence electrons. The predicted octanol–water partition coefficient (Wildman–Crippen LogP) is 10.9. The number of rotatable bonds is 38. The van der Waals surface area contributed by atoms with Gasteiger partial charge in [0.05, 0.1) is 0 Å². The average Bonchev–Trinajstić information content (AvgIpc) is 3.05. The highest BCUT2D eigenvalue weighted by atomic mass is 32.3. The second-order valence-electron chi connectivity index (χ2n) is 14.2. The minimum Gasteiger partial charge on any atom is -0.353 e. The largest absolute Gasteiger partial charge is 0.397 e. The van der Waals surface area contributed by atoms with Crippen molar-refractivity contribution in [3.05, 3.63) is 0 Å². The Balaban J connectivity index is 3.80. The van der Waals surface area contributed by atoms with Crippen LogP contribution >= 0.6 is 0 Å². The number of carbonyl (C=O) groups excluding carboxylic acids is 2. The smallest absolute Gasteiger partial charge is 0.353 e. The van der Waals surface area contributed by atoms with E-state index in [9.17, 15) is 18.0 Å². The first-order chi connectivity index (χ1) is 23.3. The monoisotopic (exact) mass is 703 g/mol. The zero-order valence-electron chi connectivity index (χ0n) is 31.5. The molecule has 0 bridgehead atoms. The van der Waals surface area contributed by atoms with Crippen LogP contribution in [0.3, 0.4) is 0 Å². The molecule has 0 rings (SSSR count). The van der Waals surface area contributed by atoms with Crippen molar-refractivity contribution >= 4 is 22.2 Å². The topological polar surface area (TPSA) is 122 Å². The van der Waals surface area contributed by atoms with Gasteiger partial charge in [-0.05, 0) is 12.8 Å². The third kappa shape index (κ3) is 37.6. The van der Waals surface area contributed by atoms with Gasteiger partial charge in [0.25, 0.3) is 0 Å². The first-order valence-corrected chi connectivity index (χ1v) is 21.8. The van der Waals surface area contributed by atoms with Gasteiger partial charge in [0.15, 0.2) is 0 Å². The maximum absolute atomic E-state index is 12.3. The van der Waals surface area contributed by atoms with E-state index in [0.29, 0.717) is 12.8 Å². The van der Waals surface area contributed by atoms with E-state index in [2.05, 4.69) is 24.5 Å². The molecule has 0 atom stereocenters. The van der Waals surface area contributed by atoms with Crippen LogP contribution in [0.15, 0.2) is 0 Å². The molecule has 3 N–H and O–H groups in total. The molecular formula is C39H78N2O6S. The van der Waals surface area contributed by atoms with Crippen LogP contribution in [-0.4, -0.2) is 44.0 Å². The summed E-state index contributed by atoms with van der Waals surface area (Å²) in [5.41, 5.74) is 0. The minimum absolute atomic E-state index is 0.101. The fourth-order valence-electron chi connectivity index (χ4n) is 6.26. The second-order valence-corrected chi connectivity index (χ2v) is 15.2. The standard InChI is InChI=1S/C39H78N2O6S/c1-3-5-7-9-11-13-15-17-19-21-23-25-27-29-31-33-38(42)40-35-37(47-48(44,45)46)36-41-39(43)34-32-30-28-26-24-22-20-18-16-14-12-10-8-6-4-2/h37H,3-36H2,1-2H3,(H,40,42)(H,41,43)(H,44,45,46). The van der Waals surface area contributed by atoms with E-state index in [4.69, 9.17) is 8.74 Å². The molecule has 0 aliphatic rings. The first-order valence-electron chi connectivity index (χ1n) is 20.5. The van der Waals surface area contributed by atoms with Crippen molar-refractivity contribution in [2.45, 2.75) is 225 Å². The van der Waals surface area contributed by atoms with Crippen molar-refractivity contribution < 1.29 is 26.7 Å². The Bertz CT molecular complexity index is 773. The SMILES string of the molecule is CCCCCCCCCCCCCCCCCC(=O)NCC(CNC(=O)CCCCCCCCCCCCCCCCC)OS(=O)(=O)O. The minimum atomic E-state index is -4.71. The molecule has 0 aromatic rings. The van der Waals surface area contributed by atoms with Crippen LogP contribution in [-0.2, 0) is 24.2 Å². The zero-order chi connectivity index (χ0) is 35.4. The third-order valence-corrected chi connectivity index (χ3v) is 9.84. The van der Waals surface area contributed by atoms with Gasteiger partial charge in [-0.25, -0.2) is 4.18 Å². The van der Waals surface area contributed by atoms with E-state index < -0.39 is 16.5 Å². The van der Waals surface area contributed by atoms with Crippen molar-refractivity contribution in [2.24, 2.45) is 0 Å². The summed E-state index contributed by atoms with van der Waals surface area (Å²) >= 11 is 0. The van der Waals surface area contributed by atoms with Gasteiger partial charge in [-0.1, -0.05) is 194 Å². The molecule has 0 saturated carbocycles. The fraction of sp³-hybridized carbons (Fsp3) is 0.949. The molecule has 0 radical (unpaired) electrons. The zero-order valence-corrected chi connectivity index (χ0v) is 32.3. The molecular weight excluding hydrogens is 625 g/mol. The van der Waals surface area contributed by atoms with Gasteiger partial charge in [-0.2, -0.15) is 8.42 Å². The van der Waals surface area contributed by atoms with E-state index in [1.807, 2.05) is 0 Å². The van der Waals surface area contributed by atoms with E-state index in [0.717, 1.165) is 38.5 Å². The third-order valence-electron chi connectivity index (χ3n) is 9.33. The summed E-state index contributed by atoms with van der Waals surface area (Å²) in [6.07, 6.45) is 37.5. The molecule has 0 unspecified atom stereocenters. The highest BCUT2D eigenvalue weighted by Gasteiger charge is 2.19. The maximum Gasteiger partial charge on any atom is 0.397 e. The van der Waals surface area contributed by atoms with Gasteiger partial charge < -0.3 is 10.6 Å². The van der Waals surface area contributed by atoms with Crippen LogP contribution in [0.5, 0.6) is 0 Å². The molecule has 0 aromatic heterocycles. The molecule has 0 aromatic carbocycles. The van der Waals surface area contributed by atoms with Crippen molar-refractivity contribution in [1.29, 1.82) is 0 Å². The summed E-state index contributed by atoms with van der Waals surface area (Å²) in [7, 11) is -4.71. The molecule has 0 fully saturated rings. The lowest BCUT2D eigenvalue weighted by atomic mass is 10.0. The summed E-state index contributed by atoms with van der Waals surface area (Å²) in [6, 6.07) is 0. The highest BCUT2D eigenvalue weighted by molar-refractivity contribution is 7.80.